The van der Waals surface area contributed by atoms with Gasteiger partial charge in [-0.2, -0.15) is 0 Å². The molecule has 0 aliphatic heterocycles. The van der Waals surface area contributed by atoms with Crippen LogP contribution in [0.2, 0.25) is 0 Å². The molecule has 0 spiro atoms. The lowest BCUT2D eigenvalue weighted by Crippen LogP contribution is -2.14. The first-order valence-corrected chi connectivity index (χ1v) is 5.69. The maximum absolute atomic E-state index is 11.6. The number of hydrogen-bond acceptors (Lipinski definition) is 2. The summed E-state index contributed by atoms with van der Waals surface area (Å²) in [5.74, 6) is 0.473. The van der Waals surface area contributed by atoms with Crippen molar-refractivity contribution in [2.24, 2.45) is 5.92 Å². The van der Waals surface area contributed by atoms with Crippen LogP contribution in [0.1, 0.15) is 32.3 Å². The first kappa shape index (κ1) is 12.6. The lowest BCUT2D eigenvalue weighted by molar-refractivity contribution is -0.117. The van der Waals surface area contributed by atoms with Gasteiger partial charge < -0.3 is 11.1 Å². The normalized spacial score (nSPS) is 12.2. The smallest absolute Gasteiger partial charge is 0.224 e. The Hall–Kier alpha value is -1.51. The molecule has 3 nitrogen and oxygen atoms in total. The van der Waals surface area contributed by atoms with E-state index in [-0.39, 0.29) is 5.91 Å². The Bertz CT molecular complexity index is 374. The van der Waals surface area contributed by atoms with E-state index < -0.39 is 0 Å². The van der Waals surface area contributed by atoms with Gasteiger partial charge in [0, 0.05) is 17.8 Å². The third-order valence-corrected chi connectivity index (χ3v) is 2.79. The molecule has 0 bridgehead atoms. The van der Waals surface area contributed by atoms with E-state index in [2.05, 4.69) is 19.2 Å². The summed E-state index contributed by atoms with van der Waals surface area (Å²) in [5, 5.41) is 2.86. The Morgan fingerprint density at radius 3 is 2.75 bits per heavy atom. The van der Waals surface area contributed by atoms with E-state index in [1.165, 1.54) is 0 Å². The molecule has 0 radical (unpaired) electrons. The number of carbonyl (C=O) groups is 1. The average Bonchev–Trinajstić information content (AvgIpc) is 2.23. The molecule has 0 aliphatic rings. The standard InChI is InChI=1S/C13H20N2O/c1-4-9(2)7-13(16)15-11-6-5-10(3)12(14)8-11/h5-6,8-9H,4,7,14H2,1-3H3,(H,15,16). The van der Waals surface area contributed by atoms with Gasteiger partial charge >= 0.3 is 0 Å². The zero-order valence-corrected chi connectivity index (χ0v) is 10.2. The molecular formula is C13H20N2O. The van der Waals surface area contributed by atoms with E-state index >= 15 is 0 Å². The number of hydrogen-bond donors (Lipinski definition) is 2. The van der Waals surface area contributed by atoms with Crippen molar-refractivity contribution in [1.82, 2.24) is 0 Å². The van der Waals surface area contributed by atoms with Crippen LogP contribution in [0.4, 0.5) is 11.4 Å². The van der Waals surface area contributed by atoms with Crippen LogP contribution in [0.5, 0.6) is 0 Å². The first-order chi connectivity index (χ1) is 7.52. The van der Waals surface area contributed by atoms with E-state index in [1.807, 2.05) is 19.1 Å². The van der Waals surface area contributed by atoms with Gasteiger partial charge in [0.15, 0.2) is 0 Å². The second kappa shape index (κ2) is 5.54. The van der Waals surface area contributed by atoms with Crippen molar-refractivity contribution >= 4 is 17.3 Å². The lowest BCUT2D eigenvalue weighted by Gasteiger charge is -2.10. The molecule has 1 aromatic rings. The molecule has 3 heteroatoms. The highest BCUT2D eigenvalue weighted by molar-refractivity contribution is 5.91. The molecule has 0 aromatic heterocycles. The molecule has 1 atom stereocenters. The number of nitrogens with two attached hydrogens (primary N) is 1. The predicted molar refractivity (Wildman–Crippen MR) is 68.3 cm³/mol. The Morgan fingerprint density at radius 1 is 1.50 bits per heavy atom. The average molecular weight is 220 g/mol. The second-order valence-electron chi connectivity index (χ2n) is 4.34. The van der Waals surface area contributed by atoms with Crippen molar-refractivity contribution in [1.29, 1.82) is 0 Å². The summed E-state index contributed by atoms with van der Waals surface area (Å²) < 4.78 is 0. The molecule has 1 rings (SSSR count). The molecule has 88 valence electrons. The van der Waals surface area contributed by atoms with Crippen molar-refractivity contribution in [3.63, 3.8) is 0 Å². The molecule has 1 amide bonds. The third-order valence-electron chi connectivity index (χ3n) is 2.79. The summed E-state index contributed by atoms with van der Waals surface area (Å²) in [6.07, 6.45) is 1.58. The van der Waals surface area contributed by atoms with E-state index in [9.17, 15) is 4.79 Å². The third kappa shape index (κ3) is 3.57. The Labute approximate surface area is 97.0 Å². The monoisotopic (exact) mass is 220 g/mol. The number of carbonyl (C=O) groups excluding carboxylic acids is 1. The summed E-state index contributed by atoms with van der Waals surface area (Å²) in [4.78, 5) is 11.6. The van der Waals surface area contributed by atoms with E-state index in [1.54, 1.807) is 6.07 Å². The van der Waals surface area contributed by atoms with Gasteiger partial charge in [0.1, 0.15) is 0 Å². The van der Waals surface area contributed by atoms with Crippen molar-refractivity contribution in [2.45, 2.75) is 33.6 Å². The molecule has 1 unspecified atom stereocenters. The number of anilines is 2. The highest BCUT2D eigenvalue weighted by Crippen LogP contribution is 2.17. The fraction of sp³-hybridized carbons (Fsp3) is 0.462. The number of amides is 1. The fourth-order valence-corrected chi connectivity index (χ4v) is 1.39. The van der Waals surface area contributed by atoms with Gasteiger partial charge in [0.05, 0.1) is 0 Å². The number of rotatable bonds is 4. The number of aryl methyl sites for hydroxylation is 1. The lowest BCUT2D eigenvalue weighted by atomic mass is 10.0. The number of nitrogens with one attached hydrogen (secondary N) is 1. The molecular weight excluding hydrogens is 200 g/mol. The zero-order chi connectivity index (χ0) is 12.1. The number of nitrogen functional groups attached to an aromatic ring is 1. The molecule has 0 saturated heterocycles. The molecule has 0 aliphatic carbocycles. The van der Waals surface area contributed by atoms with Gasteiger partial charge in [0.25, 0.3) is 0 Å². The first-order valence-electron chi connectivity index (χ1n) is 5.69. The highest BCUT2D eigenvalue weighted by atomic mass is 16.1. The van der Waals surface area contributed by atoms with Gasteiger partial charge in [-0.15, -0.1) is 0 Å². The summed E-state index contributed by atoms with van der Waals surface area (Å²) >= 11 is 0. The Kier molecular flexibility index (Phi) is 4.35. The van der Waals surface area contributed by atoms with Gasteiger partial charge in [-0.25, -0.2) is 0 Å². The maximum Gasteiger partial charge on any atom is 0.224 e. The summed E-state index contributed by atoms with van der Waals surface area (Å²) in [6, 6.07) is 5.58. The largest absolute Gasteiger partial charge is 0.398 e. The highest BCUT2D eigenvalue weighted by Gasteiger charge is 2.07. The van der Waals surface area contributed by atoms with Crippen LogP contribution in [-0.4, -0.2) is 5.91 Å². The van der Waals surface area contributed by atoms with Crippen LogP contribution >= 0.6 is 0 Å². The zero-order valence-electron chi connectivity index (χ0n) is 10.2. The van der Waals surface area contributed by atoms with Crippen LogP contribution in [0, 0.1) is 12.8 Å². The molecule has 3 N–H and O–H groups in total. The molecule has 0 saturated carbocycles. The van der Waals surface area contributed by atoms with Crippen molar-refractivity contribution in [3.05, 3.63) is 23.8 Å². The van der Waals surface area contributed by atoms with Crippen LogP contribution in [0.15, 0.2) is 18.2 Å². The van der Waals surface area contributed by atoms with Crippen LogP contribution in [-0.2, 0) is 4.79 Å². The van der Waals surface area contributed by atoms with Gasteiger partial charge in [-0.05, 0) is 30.5 Å². The summed E-state index contributed by atoms with van der Waals surface area (Å²) in [6.45, 7) is 6.10. The maximum atomic E-state index is 11.6. The molecule has 0 heterocycles. The van der Waals surface area contributed by atoms with Crippen LogP contribution < -0.4 is 11.1 Å². The minimum atomic E-state index is 0.0533. The Balaban J connectivity index is 2.59. The van der Waals surface area contributed by atoms with Crippen LogP contribution in [0.3, 0.4) is 0 Å². The van der Waals surface area contributed by atoms with E-state index in [4.69, 9.17) is 5.73 Å². The summed E-state index contributed by atoms with van der Waals surface area (Å²) in [7, 11) is 0. The van der Waals surface area contributed by atoms with Crippen molar-refractivity contribution in [3.8, 4) is 0 Å². The number of benzene rings is 1. The van der Waals surface area contributed by atoms with Crippen molar-refractivity contribution in [2.75, 3.05) is 11.1 Å². The van der Waals surface area contributed by atoms with E-state index in [0.717, 1.165) is 17.7 Å². The minimum Gasteiger partial charge on any atom is -0.398 e. The van der Waals surface area contributed by atoms with Gasteiger partial charge in [0.2, 0.25) is 5.91 Å². The minimum absolute atomic E-state index is 0.0533. The SMILES string of the molecule is CCC(C)CC(=O)Nc1ccc(C)c(N)c1. The quantitative estimate of drug-likeness (QED) is 0.766. The fourth-order valence-electron chi connectivity index (χ4n) is 1.39. The summed E-state index contributed by atoms with van der Waals surface area (Å²) in [5.41, 5.74) is 8.28. The molecule has 0 fully saturated rings. The second-order valence-corrected chi connectivity index (χ2v) is 4.34. The molecule has 16 heavy (non-hydrogen) atoms. The van der Waals surface area contributed by atoms with Gasteiger partial charge in [-0.1, -0.05) is 26.3 Å². The van der Waals surface area contributed by atoms with Gasteiger partial charge in [-0.3, -0.25) is 4.79 Å². The topological polar surface area (TPSA) is 55.1 Å². The van der Waals surface area contributed by atoms with Crippen molar-refractivity contribution < 1.29 is 4.79 Å². The van der Waals surface area contributed by atoms with E-state index in [0.29, 0.717) is 18.0 Å². The molecule has 1 aromatic carbocycles. The van der Waals surface area contributed by atoms with Crippen LogP contribution in [0.25, 0.3) is 0 Å². The predicted octanol–water partition coefficient (Wildman–Crippen LogP) is 2.95. The Morgan fingerprint density at radius 2 is 2.19 bits per heavy atom.